The van der Waals surface area contributed by atoms with E-state index in [4.69, 9.17) is 10.8 Å². The van der Waals surface area contributed by atoms with Gasteiger partial charge in [-0.1, -0.05) is 13.8 Å². The third-order valence-electron chi connectivity index (χ3n) is 5.40. The van der Waals surface area contributed by atoms with Crippen LogP contribution in [0.25, 0.3) is 5.65 Å². The van der Waals surface area contributed by atoms with Crippen LogP contribution in [0.15, 0.2) is 36.7 Å². The van der Waals surface area contributed by atoms with E-state index in [1.165, 1.54) is 0 Å². The van der Waals surface area contributed by atoms with Gasteiger partial charge in [0.15, 0.2) is 11.5 Å². The van der Waals surface area contributed by atoms with E-state index in [9.17, 15) is 5.11 Å². The smallest absolute Gasteiger partial charge is 0.177 e. The summed E-state index contributed by atoms with van der Waals surface area (Å²) < 4.78 is 1.81. The summed E-state index contributed by atoms with van der Waals surface area (Å²) in [6, 6.07) is 7.76. The molecule has 0 spiro atoms. The quantitative estimate of drug-likeness (QED) is 0.500. The summed E-state index contributed by atoms with van der Waals surface area (Å²) in [5.74, 6) is 1.39. The number of aromatic nitrogens is 3. The predicted molar refractivity (Wildman–Crippen MR) is 112 cm³/mol. The normalized spacial score (nSPS) is 19.9. The molecule has 1 aliphatic carbocycles. The van der Waals surface area contributed by atoms with Gasteiger partial charge in [-0.15, -0.1) is 5.10 Å². The second-order valence-corrected chi connectivity index (χ2v) is 7.92. The van der Waals surface area contributed by atoms with Crippen molar-refractivity contribution >= 4 is 22.8 Å². The molecule has 7 nitrogen and oxygen atoms in total. The summed E-state index contributed by atoms with van der Waals surface area (Å²) in [5, 5.41) is 21.6. The molecule has 0 atom stereocenters. The molecule has 0 unspecified atom stereocenters. The number of phenols is 1. The lowest BCUT2D eigenvalue weighted by Crippen LogP contribution is -2.33. The fourth-order valence-electron chi connectivity index (χ4n) is 3.90. The lowest BCUT2D eigenvalue weighted by atomic mass is 9.91. The number of nitrogens with one attached hydrogen (secondary N) is 2. The molecule has 28 heavy (non-hydrogen) atoms. The number of rotatable bonds is 5. The van der Waals surface area contributed by atoms with Crippen LogP contribution >= 0.6 is 0 Å². The largest absolute Gasteiger partial charge is 0.508 e. The molecule has 0 amide bonds. The van der Waals surface area contributed by atoms with Gasteiger partial charge >= 0.3 is 0 Å². The van der Waals surface area contributed by atoms with E-state index < -0.39 is 0 Å². The third-order valence-corrected chi connectivity index (χ3v) is 5.40. The number of hydrogen-bond acceptors (Lipinski definition) is 6. The van der Waals surface area contributed by atoms with Gasteiger partial charge in [-0.25, -0.2) is 9.50 Å². The fourth-order valence-corrected chi connectivity index (χ4v) is 3.90. The van der Waals surface area contributed by atoms with E-state index in [-0.39, 0.29) is 11.7 Å². The predicted octanol–water partition coefficient (Wildman–Crippen LogP) is 3.98. The van der Waals surface area contributed by atoms with E-state index in [1.807, 2.05) is 22.8 Å². The van der Waals surface area contributed by atoms with Crippen molar-refractivity contribution in [1.29, 1.82) is 0 Å². The molecule has 1 saturated carbocycles. The maximum atomic E-state index is 9.58. The first-order chi connectivity index (χ1) is 13.5. The molecule has 148 valence electrons. The van der Waals surface area contributed by atoms with Crippen LogP contribution in [0.3, 0.4) is 0 Å². The topological polar surface area (TPSA) is 100 Å². The minimum Gasteiger partial charge on any atom is -0.508 e. The van der Waals surface area contributed by atoms with Crippen molar-refractivity contribution in [2.45, 2.75) is 57.5 Å². The Morgan fingerprint density at radius 1 is 1.14 bits per heavy atom. The van der Waals surface area contributed by atoms with E-state index >= 15 is 0 Å². The van der Waals surface area contributed by atoms with Crippen LogP contribution in [-0.4, -0.2) is 31.8 Å². The Kier molecular flexibility index (Phi) is 5.09. The SMILES string of the molecule is CC(C)c1c(N[C@H]2CC[C@H](N)CC2)nn2ccnc2c1Nc1ccc(O)cc1. The summed E-state index contributed by atoms with van der Waals surface area (Å²) in [4.78, 5) is 4.52. The van der Waals surface area contributed by atoms with Crippen LogP contribution in [0.2, 0.25) is 0 Å². The molecule has 0 radical (unpaired) electrons. The summed E-state index contributed by atoms with van der Waals surface area (Å²) in [5.41, 5.74) is 9.80. The Balaban J connectivity index is 1.74. The number of imidazole rings is 1. The molecule has 0 saturated heterocycles. The molecule has 3 aromatic rings. The van der Waals surface area contributed by atoms with Crippen molar-refractivity contribution in [3.05, 3.63) is 42.2 Å². The highest BCUT2D eigenvalue weighted by atomic mass is 16.3. The molecule has 5 N–H and O–H groups in total. The van der Waals surface area contributed by atoms with Gasteiger partial charge in [-0.2, -0.15) is 0 Å². The van der Waals surface area contributed by atoms with E-state index in [0.717, 1.165) is 54.1 Å². The van der Waals surface area contributed by atoms with Crippen molar-refractivity contribution in [1.82, 2.24) is 14.6 Å². The van der Waals surface area contributed by atoms with Crippen molar-refractivity contribution in [3.63, 3.8) is 0 Å². The first-order valence-electron chi connectivity index (χ1n) is 9.96. The second kappa shape index (κ2) is 7.67. The zero-order valence-electron chi connectivity index (χ0n) is 16.4. The molecule has 7 heteroatoms. The van der Waals surface area contributed by atoms with Crippen LogP contribution in [0.1, 0.15) is 51.0 Å². The summed E-state index contributed by atoms with van der Waals surface area (Å²) in [6.45, 7) is 4.33. The molecule has 1 aromatic carbocycles. The second-order valence-electron chi connectivity index (χ2n) is 7.92. The highest BCUT2D eigenvalue weighted by Gasteiger charge is 2.24. The van der Waals surface area contributed by atoms with Crippen LogP contribution < -0.4 is 16.4 Å². The number of nitrogens with zero attached hydrogens (tertiary/aromatic N) is 3. The maximum Gasteiger partial charge on any atom is 0.177 e. The average Bonchev–Trinajstić information content (AvgIpc) is 3.13. The Morgan fingerprint density at radius 3 is 2.54 bits per heavy atom. The summed E-state index contributed by atoms with van der Waals surface area (Å²) in [7, 11) is 0. The van der Waals surface area contributed by atoms with E-state index in [0.29, 0.717) is 12.1 Å². The van der Waals surface area contributed by atoms with Gasteiger partial charge in [-0.05, 0) is 55.9 Å². The highest BCUT2D eigenvalue weighted by Crippen LogP contribution is 2.36. The van der Waals surface area contributed by atoms with E-state index in [2.05, 4.69) is 29.5 Å². The zero-order chi connectivity index (χ0) is 19.7. The maximum absolute atomic E-state index is 9.58. The number of phenolic OH excluding ortho intramolecular Hbond substituents is 1. The van der Waals surface area contributed by atoms with Gasteiger partial charge in [0.05, 0.1) is 5.69 Å². The number of hydrogen-bond donors (Lipinski definition) is 4. The summed E-state index contributed by atoms with van der Waals surface area (Å²) in [6.07, 6.45) is 7.83. The molecular formula is C21H28N6O. The number of anilines is 3. The van der Waals surface area contributed by atoms with Crippen LogP contribution in [0, 0.1) is 0 Å². The lowest BCUT2D eigenvalue weighted by Gasteiger charge is -2.29. The van der Waals surface area contributed by atoms with Gasteiger partial charge in [0.1, 0.15) is 5.75 Å². The van der Waals surface area contributed by atoms with E-state index in [1.54, 1.807) is 18.3 Å². The minimum absolute atomic E-state index is 0.244. The molecule has 1 aliphatic rings. The Bertz CT molecular complexity index is 941. The first kappa shape index (κ1) is 18.6. The Labute approximate surface area is 165 Å². The molecule has 2 aromatic heterocycles. The van der Waals surface area contributed by atoms with Gasteiger partial charge in [0, 0.05) is 35.7 Å². The van der Waals surface area contributed by atoms with Gasteiger partial charge < -0.3 is 21.5 Å². The number of aromatic hydroxyl groups is 1. The molecule has 4 rings (SSSR count). The molecule has 1 fully saturated rings. The zero-order valence-corrected chi connectivity index (χ0v) is 16.4. The molecule has 2 heterocycles. The monoisotopic (exact) mass is 380 g/mol. The molecule has 0 aliphatic heterocycles. The Morgan fingerprint density at radius 2 is 1.86 bits per heavy atom. The van der Waals surface area contributed by atoms with Crippen LogP contribution in [0.4, 0.5) is 17.2 Å². The minimum atomic E-state index is 0.244. The average molecular weight is 380 g/mol. The number of fused-ring (bicyclic) bond motifs is 1. The van der Waals surface area contributed by atoms with Crippen LogP contribution in [-0.2, 0) is 0 Å². The van der Waals surface area contributed by atoms with Crippen LogP contribution in [0.5, 0.6) is 5.75 Å². The van der Waals surface area contributed by atoms with Gasteiger partial charge in [0.25, 0.3) is 0 Å². The van der Waals surface area contributed by atoms with Crippen molar-refractivity contribution in [3.8, 4) is 5.75 Å². The van der Waals surface area contributed by atoms with Crippen molar-refractivity contribution in [2.75, 3.05) is 10.6 Å². The number of benzene rings is 1. The first-order valence-corrected chi connectivity index (χ1v) is 9.96. The van der Waals surface area contributed by atoms with Gasteiger partial charge in [-0.3, -0.25) is 0 Å². The molecular weight excluding hydrogens is 352 g/mol. The third kappa shape index (κ3) is 3.75. The lowest BCUT2D eigenvalue weighted by molar-refractivity contribution is 0.410. The number of nitrogens with two attached hydrogens (primary N) is 1. The highest BCUT2D eigenvalue weighted by molar-refractivity contribution is 5.81. The molecule has 0 bridgehead atoms. The summed E-state index contributed by atoms with van der Waals surface area (Å²) >= 11 is 0. The fraction of sp³-hybridized carbons (Fsp3) is 0.429. The van der Waals surface area contributed by atoms with Gasteiger partial charge in [0.2, 0.25) is 0 Å². The standard InChI is InChI=1S/C21H28N6O/c1-13(2)18-19(24-15-7-9-17(28)10-8-15)21-23-11-12-27(21)26-20(18)25-16-5-3-14(22)4-6-16/h7-14,16,24,28H,3-6,22H2,1-2H3,(H,25,26)/t14-,16-. The van der Waals surface area contributed by atoms with Crippen molar-refractivity contribution in [2.24, 2.45) is 5.73 Å². The Hall–Kier alpha value is -2.80. The van der Waals surface area contributed by atoms with Crippen molar-refractivity contribution < 1.29 is 5.11 Å².